The fourth-order valence-electron chi connectivity index (χ4n) is 2.71. The minimum Gasteiger partial charge on any atom is -0.497 e. The summed E-state index contributed by atoms with van der Waals surface area (Å²) in [6, 6.07) is 7.84. The molecule has 1 atom stereocenters. The first-order valence-electron chi connectivity index (χ1n) is 7.13. The van der Waals surface area contributed by atoms with E-state index in [0.29, 0.717) is 5.78 Å². The molecular weight excluding hydrogens is 250 g/mol. The minimum atomic E-state index is 0.156. The van der Waals surface area contributed by atoms with E-state index in [-0.39, 0.29) is 5.92 Å². The van der Waals surface area contributed by atoms with Crippen LogP contribution in [0.1, 0.15) is 24.8 Å². The zero-order valence-electron chi connectivity index (χ0n) is 12.6. The molecule has 0 bridgehead atoms. The fourth-order valence-corrected chi connectivity index (χ4v) is 2.71. The highest BCUT2D eigenvalue weighted by Crippen LogP contribution is 2.27. The van der Waals surface area contributed by atoms with Gasteiger partial charge in [-0.15, -0.1) is 0 Å². The Morgan fingerprint density at radius 3 is 2.60 bits per heavy atom. The summed E-state index contributed by atoms with van der Waals surface area (Å²) in [5.74, 6) is 1.32. The molecule has 0 aromatic heterocycles. The summed E-state index contributed by atoms with van der Waals surface area (Å²) in [6.07, 6.45) is 5.04. The van der Waals surface area contributed by atoms with E-state index in [0.717, 1.165) is 42.7 Å². The number of ether oxygens (including phenoxy) is 1. The van der Waals surface area contributed by atoms with E-state index in [9.17, 15) is 4.79 Å². The number of rotatable bonds is 4. The van der Waals surface area contributed by atoms with Crippen molar-refractivity contribution in [3.8, 4) is 5.75 Å². The Morgan fingerprint density at radius 1 is 1.30 bits per heavy atom. The van der Waals surface area contributed by atoms with Crippen molar-refractivity contribution in [3.63, 3.8) is 0 Å². The van der Waals surface area contributed by atoms with Crippen LogP contribution in [0.25, 0.3) is 6.08 Å². The van der Waals surface area contributed by atoms with Crippen LogP contribution in [0.5, 0.6) is 5.75 Å². The van der Waals surface area contributed by atoms with Gasteiger partial charge in [0.1, 0.15) is 5.75 Å². The Kier molecular flexibility index (Phi) is 4.96. The number of nitrogens with zero attached hydrogens (tertiary/aromatic N) is 1. The van der Waals surface area contributed by atoms with Gasteiger partial charge in [-0.3, -0.25) is 4.79 Å². The largest absolute Gasteiger partial charge is 0.497 e. The monoisotopic (exact) mass is 273 g/mol. The molecule has 108 valence electrons. The lowest BCUT2D eigenvalue weighted by Gasteiger charge is -2.25. The van der Waals surface area contributed by atoms with Crippen molar-refractivity contribution < 1.29 is 9.53 Å². The molecule has 3 heteroatoms. The van der Waals surface area contributed by atoms with Gasteiger partial charge in [0.25, 0.3) is 0 Å². The zero-order chi connectivity index (χ0) is 14.5. The molecule has 0 saturated heterocycles. The molecule has 1 fully saturated rings. The molecule has 0 radical (unpaired) electrons. The Balaban J connectivity index is 2.13. The van der Waals surface area contributed by atoms with Crippen molar-refractivity contribution in [1.29, 1.82) is 0 Å². The molecule has 0 aliphatic heterocycles. The van der Waals surface area contributed by atoms with E-state index >= 15 is 0 Å². The SMILES string of the molecule is COc1ccc(/C=C2/CCC[C@@H](CN(C)C)C2=O)cc1. The molecule has 2 rings (SSSR count). The molecule has 1 aliphatic carbocycles. The van der Waals surface area contributed by atoms with Gasteiger partial charge in [-0.05, 0) is 62.7 Å². The number of ketones is 1. The van der Waals surface area contributed by atoms with E-state index in [2.05, 4.69) is 4.90 Å². The summed E-state index contributed by atoms with van der Waals surface area (Å²) in [5, 5.41) is 0. The molecule has 0 heterocycles. The second-order valence-corrected chi connectivity index (χ2v) is 5.66. The maximum atomic E-state index is 12.5. The maximum Gasteiger partial charge on any atom is 0.163 e. The van der Waals surface area contributed by atoms with Gasteiger partial charge in [0.05, 0.1) is 7.11 Å². The standard InChI is InChI=1S/C17H23NO2/c1-18(2)12-15-6-4-5-14(17(15)19)11-13-7-9-16(20-3)10-8-13/h7-11,15H,4-6,12H2,1-3H3/b14-11-/t15-/m0/s1. The van der Waals surface area contributed by atoms with Crippen molar-refractivity contribution in [2.24, 2.45) is 5.92 Å². The molecular formula is C17H23NO2. The summed E-state index contributed by atoms with van der Waals surface area (Å²) in [7, 11) is 5.70. The van der Waals surface area contributed by atoms with Crippen LogP contribution in [0.15, 0.2) is 29.8 Å². The van der Waals surface area contributed by atoms with Crippen molar-refractivity contribution in [2.45, 2.75) is 19.3 Å². The highest BCUT2D eigenvalue weighted by Gasteiger charge is 2.26. The van der Waals surface area contributed by atoms with Crippen LogP contribution >= 0.6 is 0 Å². The second-order valence-electron chi connectivity index (χ2n) is 5.66. The molecule has 20 heavy (non-hydrogen) atoms. The van der Waals surface area contributed by atoms with Crippen LogP contribution < -0.4 is 4.74 Å². The van der Waals surface area contributed by atoms with Gasteiger partial charge in [-0.25, -0.2) is 0 Å². The summed E-state index contributed by atoms with van der Waals surface area (Å²) in [6.45, 7) is 0.846. The first-order chi connectivity index (χ1) is 9.60. The molecule has 0 amide bonds. The number of hydrogen-bond donors (Lipinski definition) is 0. The molecule has 1 aliphatic rings. The van der Waals surface area contributed by atoms with Crippen LogP contribution in [0.2, 0.25) is 0 Å². The number of carbonyl (C=O) groups excluding carboxylic acids is 1. The van der Waals surface area contributed by atoms with Gasteiger partial charge in [0, 0.05) is 12.5 Å². The Hall–Kier alpha value is -1.61. The average molecular weight is 273 g/mol. The van der Waals surface area contributed by atoms with Crippen LogP contribution in [0.3, 0.4) is 0 Å². The number of carbonyl (C=O) groups is 1. The first-order valence-corrected chi connectivity index (χ1v) is 7.13. The van der Waals surface area contributed by atoms with Gasteiger partial charge in [-0.2, -0.15) is 0 Å². The van der Waals surface area contributed by atoms with Crippen molar-refractivity contribution in [2.75, 3.05) is 27.7 Å². The topological polar surface area (TPSA) is 29.5 Å². The van der Waals surface area contributed by atoms with E-state index in [1.807, 2.05) is 44.4 Å². The van der Waals surface area contributed by atoms with Crippen LogP contribution in [0.4, 0.5) is 0 Å². The minimum absolute atomic E-state index is 0.156. The summed E-state index contributed by atoms with van der Waals surface area (Å²) in [5.41, 5.74) is 2.04. The third-order valence-electron chi connectivity index (χ3n) is 3.73. The van der Waals surface area contributed by atoms with Gasteiger partial charge in [0.2, 0.25) is 0 Å². The van der Waals surface area contributed by atoms with Crippen molar-refractivity contribution in [1.82, 2.24) is 4.90 Å². The first kappa shape index (κ1) is 14.8. The van der Waals surface area contributed by atoms with Crippen LogP contribution in [0, 0.1) is 5.92 Å². The summed E-state index contributed by atoms with van der Waals surface area (Å²) in [4.78, 5) is 14.6. The normalized spacial score (nSPS) is 21.5. The van der Waals surface area contributed by atoms with Gasteiger partial charge >= 0.3 is 0 Å². The fraction of sp³-hybridized carbons (Fsp3) is 0.471. The molecule has 1 saturated carbocycles. The van der Waals surface area contributed by atoms with Crippen LogP contribution in [-0.4, -0.2) is 38.4 Å². The summed E-state index contributed by atoms with van der Waals surface area (Å²) >= 11 is 0. The third kappa shape index (κ3) is 3.70. The molecule has 1 aromatic carbocycles. The predicted octanol–water partition coefficient (Wildman–Crippen LogP) is 3.01. The highest BCUT2D eigenvalue weighted by atomic mass is 16.5. The lowest BCUT2D eigenvalue weighted by Crippen LogP contribution is -2.31. The Morgan fingerprint density at radius 2 is 2.00 bits per heavy atom. The second kappa shape index (κ2) is 6.71. The molecule has 0 spiro atoms. The van der Waals surface area contributed by atoms with Gasteiger partial charge < -0.3 is 9.64 Å². The zero-order valence-corrected chi connectivity index (χ0v) is 12.6. The van der Waals surface area contributed by atoms with Crippen molar-refractivity contribution in [3.05, 3.63) is 35.4 Å². The summed E-state index contributed by atoms with van der Waals surface area (Å²) < 4.78 is 5.15. The Labute approximate surface area is 121 Å². The van der Waals surface area contributed by atoms with E-state index in [1.54, 1.807) is 7.11 Å². The third-order valence-corrected chi connectivity index (χ3v) is 3.73. The average Bonchev–Trinajstić information content (AvgIpc) is 2.43. The highest BCUT2D eigenvalue weighted by molar-refractivity contribution is 6.01. The predicted molar refractivity (Wildman–Crippen MR) is 81.9 cm³/mol. The van der Waals surface area contributed by atoms with Gasteiger partial charge in [-0.1, -0.05) is 12.1 Å². The lowest BCUT2D eigenvalue weighted by atomic mass is 9.83. The number of benzene rings is 1. The molecule has 0 unspecified atom stereocenters. The van der Waals surface area contributed by atoms with E-state index in [1.165, 1.54) is 0 Å². The molecule has 3 nitrogen and oxygen atoms in total. The molecule has 1 aromatic rings. The van der Waals surface area contributed by atoms with Gasteiger partial charge in [0.15, 0.2) is 5.78 Å². The lowest BCUT2D eigenvalue weighted by molar-refractivity contribution is -0.120. The molecule has 0 N–H and O–H groups in total. The van der Waals surface area contributed by atoms with E-state index < -0.39 is 0 Å². The number of Topliss-reactive ketones (excluding diaryl/α,β-unsaturated/α-hetero) is 1. The Bertz CT molecular complexity index is 488. The number of methoxy groups -OCH3 is 1. The smallest absolute Gasteiger partial charge is 0.163 e. The maximum absolute atomic E-state index is 12.5. The quantitative estimate of drug-likeness (QED) is 0.790. The van der Waals surface area contributed by atoms with Crippen LogP contribution in [-0.2, 0) is 4.79 Å². The van der Waals surface area contributed by atoms with E-state index in [4.69, 9.17) is 4.74 Å². The van der Waals surface area contributed by atoms with Crippen molar-refractivity contribution >= 4 is 11.9 Å². The number of hydrogen-bond acceptors (Lipinski definition) is 3. The number of allylic oxidation sites excluding steroid dienone is 1.